The molecule has 3 atom stereocenters. The number of alkyl halides is 3. The van der Waals surface area contributed by atoms with Crippen LogP contribution >= 0.6 is 0 Å². The van der Waals surface area contributed by atoms with E-state index in [1.54, 1.807) is 17.7 Å². The van der Waals surface area contributed by atoms with Crippen molar-refractivity contribution in [1.82, 2.24) is 9.62 Å². The quantitative estimate of drug-likeness (QED) is 0.480. The second-order valence-corrected chi connectivity index (χ2v) is 11.0. The van der Waals surface area contributed by atoms with Crippen LogP contribution in [0.3, 0.4) is 0 Å². The van der Waals surface area contributed by atoms with Crippen molar-refractivity contribution in [3.8, 4) is 11.1 Å². The third-order valence-corrected chi connectivity index (χ3v) is 7.83. The van der Waals surface area contributed by atoms with Gasteiger partial charge in [0, 0.05) is 20.9 Å². The highest BCUT2D eigenvalue weighted by Crippen LogP contribution is 2.37. The molecule has 2 aromatic rings. The second-order valence-electron chi connectivity index (χ2n) is 9.22. The van der Waals surface area contributed by atoms with Crippen LogP contribution in [-0.2, 0) is 21.1 Å². The van der Waals surface area contributed by atoms with Gasteiger partial charge in [-0.2, -0.15) is 13.2 Å². The predicted octanol–water partition coefficient (Wildman–Crippen LogP) is 4.44. The molecule has 0 spiro atoms. The molecule has 1 unspecified atom stereocenters. The van der Waals surface area contributed by atoms with Gasteiger partial charge in [0.15, 0.2) is 0 Å². The van der Waals surface area contributed by atoms with E-state index < -0.39 is 69.9 Å². The minimum absolute atomic E-state index is 0.0240. The van der Waals surface area contributed by atoms with E-state index in [0.717, 1.165) is 11.0 Å². The van der Waals surface area contributed by atoms with E-state index in [-0.39, 0.29) is 36.1 Å². The Labute approximate surface area is 208 Å². The SMILES string of the molecule is [2H]C1([2H])CC(O)(C(=O)N2CC[C@H](NS(=N)(=O)C(F)(F)F)[C@@H]2Cc2cccc(-c3cc(C)cc(F)c3)c2F)C1. The summed E-state index contributed by atoms with van der Waals surface area (Å²) in [5.41, 5.74) is -6.72. The van der Waals surface area contributed by atoms with Gasteiger partial charge in [-0.1, -0.05) is 24.3 Å². The molecule has 2 aromatic carbocycles. The number of carbonyl (C=O) groups is 1. The lowest BCUT2D eigenvalue weighted by Crippen LogP contribution is -2.57. The number of halogens is 5. The monoisotopic (exact) mass is 533 g/mol. The summed E-state index contributed by atoms with van der Waals surface area (Å²) in [7, 11) is -5.32. The van der Waals surface area contributed by atoms with Gasteiger partial charge in [-0.3, -0.25) is 4.79 Å². The highest BCUT2D eigenvalue weighted by molar-refractivity contribution is 7.91. The Morgan fingerprint density at radius 2 is 2.00 bits per heavy atom. The lowest BCUT2D eigenvalue weighted by molar-refractivity contribution is -0.161. The molecular formula is C24H26F5N3O3S. The Bertz CT molecular complexity index is 1340. The molecule has 196 valence electrons. The van der Waals surface area contributed by atoms with Crippen molar-refractivity contribution in [2.24, 2.45) is 0 Å². The number of nitrogens with zero attached hydrogens (tertiary/aromatic N) is 1. The van der Waals surface area contributed by atoms with Crippen molar-refractivity contribution in [3.63, 3.8) is 0 Å². The average molecular weight is 534 g/mol. The third-order valence-electron chi connectivity index (χ3n) is 6.54. The first-order valence-corrected chi connectivity index (χ1v) is 12.7. The first-order valence-electron chi connectivity index (χ1n) is 12.1. The Kier molecular flexibility index (Phi) is 6.21. The molecule has 4 rings (SSSR count). The molecule has 12 heteroatoms. The Balaban J connectivity index is 1.70. The fraction of sp³-hybridized carbons (Fsp3) is 0.458. The number of amides is 1. The van der Waals surface area contributed by atoms with Crippen LogP contribution in [-0.4, -0.2) is 49.9 Å². The number of aliphatic hydroxyl groups is 1. The minimum atomic E-state index is -5.41. The molecule has 2 fully saturated rings. The van der Waals surface area contributed by atoms with E-state index in [1.807, 2.05) is 0 Å². The highest BCUT2D eigenvalue weighted by Gasteiger charge is 2.51. The fourth-order valence-corrected chi connectivity index (χ4v) is 5.47. The zero-order valence-electron chi connectivity index (χ0n) is 21.2. The van der Waals surface area contributed by atoms with Gasteiger partial charge in [-0.15, -0.1) is 0 Å². The maximum Gasteiger partial charge on any atom is 0.492 e. The molecule has 3 N–H and O–H groups in total. The maximum atomic E-state index is 15.7. The van der Waals surface area contributed by atoms with Crippen molar-refractivity contribution in [1.29, 1.82) is 4.78 Å². The molecule has 1 saturated heterocycles. The smallest absolute Gasteiger partial charge is 0.380 e. The topological polar surface area (TPSA) is 93.5 Å². The van der Waals surface area contributed by atoms with Crippen molar-refractivity contribution in [2.75, 3.05) is 6.54 Å². The summed E-state index contributed by atoms with van der Waals surface area (Å²) in [6, 6.07) is 5.58. The van der Waals surface area contributed by atoms with E-state index >= 15 is 4.39 Å². The van der Waals surface area contributed by atoms with Crippen LogP contribution in [0.25, 0.3) is 11.1 Å². The normalized spacial score (nSPS) is 25.5. The standard InChI is InChI=1S/C24H26F5N3O3S/c1-14-10-16(12-17(25)11-14)18-5-2-4-15(21(18)26)13-20-19(31-36(30,35)24(27,28)29)6-9-32(20)22(33)23(34)7-3-8-23/h2,4-5,10-12,19-20,34H,3,6-9,13H2,1H3,(H2,30,31,35)/t19-,20-,36?/m0/s1/i3D2. The lowest BCUT2D eigenvalue weighted by atomic mass is 9.79. The van der Waals surface area contributed by atoms with Crippen molar-refractivity contribution < 1.29 is 38.8 Å². The molecule has 2 aliphatic rings. The number of carbonyl (C=O) groups excluding carboxylic acids is 1. The van der Waals surface area contributed by atoms with Gasteiger partial charge < -0.3 is 10.0 Å². The van der Waals surface area contributed by atoms with Crippen molar-refractivity contribution in [2.45, 2.75) is 62.2 Å². The molecule has 0 aromatic heterocycles. The Morgan fingerprint density at radius 3 is 2.61 bits per heavy atom. The van der Waals surface area contributed by atoms with Gasteiger partial charge in [0.25, 0.3) is 5.91 Å². The van der Waals surface area contributed by atoms with Crippen LogP contribution in [0.1, 0.15) is 39.5 Å². The van der Waals surface area contributed by atoms with Crippen molar-refractivity contribution >= 4 is 15.8 Å². The lowest BCUT2D eigenvalue weighted by Gasteiger charge is -2.40. The molecule has 0 radical (unpaired) electrons. The van der Waals surface area contributed by atoms with E-state index in [9.17, 15) is 31.7 Å². The molecule has 0 bridgehead atoms. The Morgan fingerprint density at radius 1 is 1.31 bits per heavy atom. The van der Waals surface area contributed by atoms with Crippen LogP contribution in [0, 0.1) is 23.3 Å². The molecule has 36 heavy (non-hydrogen) atoms. The molecule has 6 nitrogen and oxygen atoms in total. The summed E-state index contributed by atoms with van der Waals surface area (Å²) in [6.07, 6.45) is -3.36. The summed E-state index contributed by atoms with van der Waals surface area (Å²) >= 11 is 0. The number of hydrogen-bond acceptors (Lipinski definition) is 4. The van der Waals surface area contributed by atoms with E-state index in [1.165, 1.54) is 24.3 Å². The summed E-state index contributed by atoms with van der Waals surface area (Å²) in [5, 5.41) is 10.7. The molecular weight excluding hydrogens is 505 g/mol. The largest absolute Gasteiger partial charge is 0.492 e. The van der Waals surface area contributed by atoms with Gasteiger partial charge in [0.05, 0.1) is 6.04 Å². The van der Waals surface area contributed by atoms with Crippen LogP contribution in [0.15, 0.2) is 36.4 Å². The number of hydrogen-bond donors (Lipinski definition) is 3. The molecule has 1 amide bonds. The van der Waals surface area contributed by atoms with Crippen LogP contribution < -0.4 is 4.72 Å². The van der Waals surface area contributed by atoms with E-state index in [4.69, 9.17) is 7.52 Å². The predicted molar refractivity (Wildman–Crippen MR) is 123 cm³/mol. The highest BCUT2D eigenvalue weighted by atomic mass is 32.2. The number of likely N-dealkylation sites (tertiary alicyclic amines) is 1. The fourth-order valence-electron chi connectivity index (χ4n) is 4.63. The Hall–Kier alpha value is -2.57. The van der Waals surface area contributed by atoms with E-state index in [0.29, 0.717) is 5.56 Å². The van der Waals surface area contributed by atoms with E-state index in [2.05, 4.69) is 0 Å². The minimum Gasteiger partial charge on any atom is -0.380 e. The number of nitrogens with one attached hydrogen (secondary N) is 2. The van der Waals surface area contributed by atoms with Crippen molar-refractivity contribution in [3.05, 3.63) is 59.2 Å². The van der Waals surface area contributed by atoms with Crippen LogP contribution in [0.2, 0.25) is 0 Å². The molecule has 1 aliphatic carbocycles. The second kappa shape index (κ2) is 9.38. The van der Waals surface area contributed by atoms with Gasteiger partial charge in [-0.05, 0) is 67.8 Å². The summed E-state index contributed by atoms with van der Waals surface area (Å²) in [4.78, 5) is 14.2. The first kappa shape index (κ1) is 23.8. The molecule has 1 aliphatic heterocycles. The molecule has 1 saturated carbocycles. The number of rotatable bonds is 6. The summed E-state index contributed by atoms with van der Waals surface area (Å²) < 4.78 is 106. The molecule has 1 heterocycles. The third kappa shape index (κ3) is 4.98. The van der Waals surface area contributed by atoms with Crippen LogP contribution in [0.4, 0.5) is 22.0 Å². The van der Waals surface area contributed by atoms with Gasteiger partial charge in [-0.25, -0.2) is 22.5 Å². The average Bonchev–Trinajstić information content (AvgIpc) is 3.13. The van der Waals surface area contributed by atoms with Gasteiger partial charge in [0.1, 0.15) is 17.2 Å². The number of aryl methyl sites for hydroxylation is 1. The first-order chi connectivity index (χ1) is 17.4. The van der Waals surface area contributed by atoms with Gasteiger partial charge in [0.2, 0.25) is 9.92 Å². The maximum absolute atomic E-state index is 15.7. The van der Waals surface area contributed by atoms with Crippen LogP contribution in [0.5, 0.6) is 0 Å². The van der Waals surface area contributed by atoms with Gasteiger partial charge >= 0.3 is 5.51 Å². The number of benzene rings is 2. The summed E-state index contributed by atoms with van der Waals surface area (Å²) in [5.74, 6) is -2.31. The summed E-state index contributed by atoms with van der Waals surface area (Å²) in [6.45, 7) is 1.43. The zero-order valence-corrected chi connectivity index (χ0v) is 20.0. The zero-order chi connectivity index (χ0) is 28.3.